The van der Waals surface area contributed by atoms with Crippen molar-refractivity contribution in [3.63, 3.8) is 0 Å². The van der Waals surface area contributed by atoms with Crippen LogP contribution in [0.5, 0.6) is 0 Å². The van der Waals surface area contributed by atoms with Crippen molar-refractivity contribution in [2.75, 3.05) is 0 Å². The summed E-state index contributed by atoms with van der Waals surface area (Å²) in [5, 5.41) is 0.102. The highest BCUT2D eigenvalue weighted by molar-refractivity contribution is 6.74. The zero-order valence-corrected chi connectivity index (χ0v) is 12.9. The van der Waals surface area contributed by atoms with Gasteiger partial charge in [-0.25, -0.2) is 0 Å². The third-order valence-electron chi connectivity index (χ3n) is 4.09. The van der Waals surface area contributed by atoms with Crippen molar-refractivity contribution in [3.05, 3.63) is 11.5 Å². The summed E-state index contributed by atoms with van der Waals surface area (Å²) < 4.78 is 43.8. The van der Waals surface area contributed by atoms with E-state index < -0.39 is 15.3 Å². The molecule has 1 atom stereocenters. The molecule has 0 aromatic carbocycles. The summed E-state index contributed by atoms with van der Waals surface area (Å²) in [5.41, 5.74) is -0.329. The standard InChI is InChI=1S/C12H23BF3OSi/c1-12(2,3)18(4,5)17-11-8-6-10(7-9-11)13(14,15)16/h6,11H,7-9H2,1-5H3/q-1. The predicted molar refractivity (Wildman–Crippen MR) is 73.1 cm³/mol. The molecule has 0 saturated heterocycles. The van der Waals surface area contributed by atoms with Gasteiger partial charge in [-0.15, -0.1) is 11.5 Å². The van der Waals surface area contributed by atoms with E-state index in [1.807, 2.05) is 0 Å². The van der Waals surface area contributed by atoms with Gasteiger partial charge in [0.1, 0.15) is 0 Å². The Morgan fingerprint density at radius 1 is 1.28 bits per heavy atom. The van der Waals surface area contributed by atoms with Crippen molar-refractivity contribution in [1.29, 1.82) is 0 Å². The van der Waals surface area contributed by atoms with E-state index >= 15 is 0 Å². The summed E-state index contributed by atoms with van der Waals surface area (Å²) in [6.45, 7) is 5.91. The molecule has 0 fully saturated rings. The Kier molecular flexibility index (Phi) is 4.43. The second-order valence-electron chi connectivity index (χ2n) is 6.63. The molecule has 1 rings (SSSR count). The summed E-state index contributed by atoms with van der Waals surface area (Å²) >= 11 is 0. The molecule has 0 amide bonds. The van der Waals surface area contributed by atoms with Crippen LogP contribution in [0.1, 0.15) is 40.0 Å². The van der Waals surface area contributed by atoms with E-state index in [-0.39, 0.29) is 23.0 Å². The molecule has 18 heavy (non-hydrogen) atoms. The fourth-order valence-corrected chi connectivity index (χ4v) is 3.23. The lowest BCUT2D eigenvalue weighted by Crippen LogP contribution is -2.44. The van der Waals surface area contributed by atoms with Gasteiger partial charge in [0.2, 0.25) is 0 Å². The van der Waals surface area contributed by atoms with E-state index in [4.69, 9.17) is 4.43 Å². The van der Waals surface area contributed by atoms with Gasteiger partial charge in [-0.1, -0.05) is 27.2 Å². The first-order chi connectivity index (χ1) is 7.93. The first-order valence-electron chi connectivity index (χ1n) is 6.50. The van der Waals surface area contributed by atoms with E-state index in [2.05, 4.69) is 33.9 Å². The molecule has 106 valence electrons. The normalized spacial score (nSPS) is 22.9. The SMILES string of the molecule is CC(C)(C)[Si](C)(C)OC1CC=C([B-](F)(F)F)CC1. The molecule has 0 aliphatic heterocycles. The largest absolute Gasteiger partial charge is 0.505 e. The topological polar surface area (TPSA) is 9.23 Å². The molecule has 1 aliphatic rings. The molecule has 0 N–H and O–H groups in total. The lowest BCUT2D eigenvalue weighted by Gasteiger charge is -2.40. The van der Waals surface area contributed by atoms with Crippen LogP contribution in [-0.4, -0.2) is 21.4 Å². The Bertz CT molecular complexity index is 331. The van der Waals surface area contributed by atoms with Crippen molar-refractivity contribution in [3.8, 4) is 0 Å². The maximum atomic E-state index is 12.6. The molecule has 0 bridgehead atoms. The molecule has 0 spiro atoms. The number of allylic oxidation sites excluding steroid dienone is 1. The van der Waals surface area contributed by atoms with Crippen molar-refractivity contribution in [2.24, 2.45) is 0 Å². The van der Waals surface area contributed by atoms with Crippen molar-refractivity contribution >= 4 is 15.3 Å². The van der Waals surface area contributed by atoms with Gasteiger partial charge in [0.25, 0.3) is 0 Å². The van der Waals surface area contributed by atoms with Gasteiger partial charge in [0.05, 0.1) is 0 Å². The second-order valence-corrected chi connectivity index (χ2v) is 11.4. The zero-order chi connectivity index (χ0) is 14.2. The number of hydrogen-bond acceptors (Lipinski definition) is 1. The Hall–Kier alpha value is -0.228. The molecule has 1 nitrogen and oxygen atoms in total. The molecular formula is C12H23BF3OSi-. The summed E-state index contributed by atoms with van der Waals surface area (Å²) in [6, 6.07) is 0. The van der Waals surface area contributed by atoms with Crippen LogP contribution in [-0.2, 0) is 4.43 Å². The summed E-state index contributed by atoms with van der Waals surface area (Å²) in [7, 11) is -1.87. The van der Waals surface area contributed by atoms with Crippen molar-refractivity contribution in [2.45, 2.75) is 64.3 Å². The highest BCUT2D eigenvalue weighted by Crippen LogP contribution is 2.39. The smallest absolute Gasteiger partial charge is 0.445 e. The quantitative estimate of drug-likeness (QED) is 0.669. The van der Waals surface area contributed by atoms with E-state index in [1.54, 1.807) is 0 Å². The molecule has 1 unspecified atom stereocenters. The summed E-state index contributed by atoms with van der Waals surface area (Å²) in [5.74, 6) is 0. The highest BCUT2D eigenvalue weighted by atomic mass is 28.4. The number of hydrogen-bond donors (Lipinski definition) is 0. The van der Waals surface area contributed by atoms with Gasteiger partial charge in [-0.2, -0.15) is 0 Å². The Balaban J connectivity index is 2.63. The molecule has 0 aromatic heterocycles. The van der Waals surface area contributed by atoms with E-state index in [0.29, 0.717) is 12.8 Å². The van der Waals surface area contributed by atoms with Gasteiger partial charge in [0.15, 0.2) is 8.32 Å². The van der Waals surface area contributed by atoms with Crippen molar-refractivity contribution < 1.29 is 17.4 Å². The van der Waals surface area contributed by atoms with E-state index in [1.165, 1.54) is 6.08 Å². The minimum atomic E-state index is -4.79. The number of rotatable bonds is 3. The molecule has 0 radical (unpaired) electrons. The third-order valence-corrected chi connectivity index (χ3v) is 8.62. The lowest BCUT2D eigenvalue weighted by atomic mass is 9.73. The molecule has 0 heterocycles. The molecule has 1 aliphatic carbocycles. The Labute approximate surface area is 109 Å². The Morgan fingerprint density at radius 2 is 1.83 bits per heavy atom. The first-order valence-corrected chi connectivity index (χ1v) is 9.41. The van der Waals surface area contributed by atoms with Crippen molar-refractivity contribution in [1.82, 2.24) is 0 Å². The fourth-order valence-electron chi connectivity index (χ4n) is 1.83. The Morgan fingerprint density at radius 3 is 2.17 bits per heavy atom. The maximum Gasteiger partial charge on any atom is 0.505 e. The average molecular weight is 279 g/mol. The molecular weight excluding hydrogens is 256 g/mol. The van der Waals surface area contributed by atoms with Crippen LogP contribution < -0.4 is 0 Å². The maximum absolute atomic E-state index is 12.6. The zero-order valence-electron chi connectivity index (χ0n) is 11.9. The fraction of sp³-hybridized carbons (Fsp3) is 0.833. The van der Waals surface area contributed by atoms with Crippen LogP contribution in [0.15, 0.2) is 11.5 Å². The van der Waals surface area contributed by atoms with Crippen LogP contribution in [0.25, 0.3) is 0 Å². The lowest BCUT2D eigenvalue weighted by molar-refractivity contribution is 0.169. The van der Waals surface area contributed by atoms with E-state index in [9.17, 15) is 12.9 Å². The van der Waals surface area contributed by atoms with Gasteiger partial charge < -0.3 is 17.4 Å². The monoisotopic (exact) mass is 279 g/mol. The average Bonchev–Trinajstić information content (AvgIpc) is 2.14. The van der Waals surface area contributed by atoms with E-state index in [0.717, 1.165) is 0 Å². The summed E-state index contributed by atoms with van der Waals surface area (Å²) in [4.78, 5) is 0. The van der Waals surface area contributed by atoms with Crippen LogP contribution in [0.4, 0.5) is 12.9 Å². The van der Waals surface area contributed by atoms with Crippen LogP contribution in [0, 0.1) is 0 Å². The number of halogens is 3. The van der Waals surface area contributed by atoms with Gasteiger partial charge in [-0.05, 0) is 31.0 Å². The second kappa shape index (κ2) is 5.04. The van der Waals surface area contributed by atoms with Gasteiger partial charge in [-0.3, -0.25) is 0 Å². The third kappa shape index (κ3) is 3.88. The minimum absolute atomic E-state index is 0.0345. The van der Waals surface area contributed by atoms with Crippen LogP contribution in [0.3, 0.4) is 0 Å². The van der Waals surface area contributed by atoms with Crippen LogP contribution >= 0.6 is 0 Å². The molecule has 0 aromatic rings. The molecule has 0 saturated carbocycles. The minimum Gasteiger partial charge on any atom is -0.445 e. The highest BCUT2D eigenvalue weighted by Gasteiger charge is 2.40. The molecule has 6 heteroatoms. The van der Waals surface area contributed by atoms with Gasteiger partial charge in [0, 0.05) is 6.10 Å². The van der Waals surface area contributed by atoms with Crippen LogP contribution in [0.2, 0.25) is 18.1 Å². The predicted octanol–water partition coefficient (Wildman–Crippen LogP) is 4.87. The summed E-state index contributed by atoms with van der Waals surface area (Å²) in [6.07, 6.45) is 2.32. The first kappa shape index (κ1) is 15.8. The van der Waals surface area contributed by atoms with Gasteiger partial charge >= 0.3 is 6.98 Å².